The molecular formula is C15H19N3O. The lowest BCUT2D eigenvalue weighted by Crippen LogP contribution is -2.32. The van der Waals surface area contributed by atoms with Crippen molar-refractivity contribution in [2.45, 2.75) is 25.8 Å². The number of rotatable bonds is 3. The Morgan fingerprint density at radius 1 is 1.53 bits per heavy atom. The minimum atomic E-state index is -0.0221. The van der Waals surface area contributed by atoms with Crippen LogP contribution in [0.3, 0.4) is 0 Å². The third kappa shape index (κ3) is 2.94. The molecule has 0 aliphatic carbocycles. The third-order valence-corrected chi connectivity index (χ3v) is 3.68. The first-order chi connectivity index (χ1) is 9.15. The Labute approximate surface area is 113 Å². The summed E-state index contributed by atoms with van der Waals surface area (Å²) in [4.78, 5) is 14.2. The number of nitrogens with two attached hydrogens (primary N) is 1. The highest BCUT2D eigenvalue weighted by atomic mass is 16.2. The molecule has 2 rings (SSSR count). The van der Waals surface area contributed by atoms with Crippen LogP contribution in [-0.2, 0) is 0 Å². The van der Waals surface area contributed by atoms with Crippen molar-refractivity contribution in [2.75, 3.05) is 13.1 Å². The van der Waals surface area contributed by atoms with Crippen molar-refractivity contribution in [1.29, 1.82) is 5.26 Å². The molecule has 100 valence electrons. The number of likely N-dealkylation sites (tertiary alicyclic amines) is 1. The molecule has 1 aromatic rings. The molecule has 19 heavy (non-hydrogen) atoms. The molecule has 0 aromatic heterocycles. The van der Waals surface area contributed by atoms with Gasteiger partial charge in [-0.3, -0.25) is 4.79 Å². The largest absolute Gasteiger partial charge is 0.337 e. The molecule has 0 saturated carbocycles. The molecule has 0 bridgehead atoms. The van der Waals surface area contributed by atoms with E-state index in [1.165, 1.54) is 0 Å². The van der Waals surface area contributed by atoms with E-state index in [-0.39, 0.29) is 11.9 Å². The summed E-state index contributed by atoms with van der Waals surface area (Å²) in [5.74, 6) is 0.374. The van der Waals surface area contributed by atoms with Gasteiger partial charge in [0.15, 0.2) is 0 Å². The first-order valence-corrected chi connectivity index (χ1v) is 6.70. The molecule has 0 radical (unpaired) electrons. The summed E-state index contributed by atoms with van der Waals surface area (Å²) in [6.07, 6.45) is 2.15. The number of carbonyl (C=O) groups is 1. The topological polar surface area (TPSA) is 70.1 Å². The van der Waals surface area contributed by atoms with Gasteiger partial charge in [0.1, 0.15) is 0 Å². The monoisotopic (exact) mass is 257 g/mol. The summed E-state index contributed by atoms with van der Waals surface area (Å²) in [5.41, 5.74) is 7.17. The fourth-order valence-corrected chi connectivity index (χ4v) is 2.64. The van der Waals surface area contributed by atoms with Crippen molar-refractivity contribution in [3.8, 4) is 6.07 Å². The summed E-state index contributed by atoms with van der Waals surface area (Å²) in [6, 6.07) is 8.96. The Balaban J connectivity index is 2.10. The predicted octanol–water partition coefficient (Wildman–Crippen LogP) is 1.76. The van der Waals surface area contributed by atoms with E-state index in [2.05, 4.69) is 13.0 Å². The Morgan fingerprint density at radius 3 is 3.00 bits per heavy atom. The van der Waals surface area contributed by atoms with E-state index in [1.54, 1.807) is 24.3 Å². The molecule has 1 aromatic carbocycles. The standard InChI is InChI=1S/C15H19N3O/c1-2-4-13-9-18(10-14(13)17)15(19)12-6-3-5-11(7-12)8-16/h3,5-7,13-14H,2,4,9-10,17H2,1H3/t13-,14-/m1/s1. The second-order valence-corrected chi connectivity index (χ2v) is 5.12. The van der Waals surface area contributed by atoms with Crippen molar-refractivity contribution < 1.29 is 4.79 Å². The quantitative estimate of drug-likeness (QED) is 0.897. The number of nitriles is 1. The first kappa shape index (κ1) is 13.6. The average Bonchev–Trinajstić information content (AvgIpc) is 2.80. The van der Waals surface area contributed by atoms with Crippen LogP contribution in [0.25, 0.3) is 0 Å². The second-order valence-electron chi connectivity index (χ2n) is 5.12. The maximum absolute atomic E-state index is 12.4. The smallest absolute Gasteiger partial charge is 0.253 e. The summed E-state index contributed by atoms with van der Waals surface area (Å²) in [6.45, 7) is 3.47. The number of hydrogen-bond donors (Lipinski definition) is 1. The molecule has 4 nitrogen and oxygen atoms in total. The van der Waals surface area contributed by atoms with E-state index in [0.29, 0.717) is 23.6 Å². The van der Waals surface area contributed by atoms with E-state index >= 15 is 0 Å². The van der Waals surface area contributed by atoms with Gasteiger partial charge in [-0.2, -0.15) is 5.26 Å². The fourth-order valence-electron chi connectivity index (χ4n) is 2.64. The summed E-state index contributed by atoms with van der Waals surface area (Å²) in [7, 11) is 0. The van der Waals surface area contributed by atoms with Crippen molar-refractivity contribution in [3.05, 3.63) is 35.4 Å². The van der Waals surface area contributed by atoms with Crippen LogP contribution in [0.2, 0.25) is 0 Å². The van der Waals surface area contributed by atoms with Crippen LogP contribution in [0.15, 0.2) is 24.3 Å². The number of benzene rings is 1. The molecule has 1 amide bonds. The molecule has 2 N–H and O–H groups in total. The third-order valence-electron chi connectivity index (χ3n) is 3.68. The van der Waals surface area contributed by atoms with Gasteiger partial charge in [0.05, 0.1) is 11.6 Å². The van der Waals surface area contributed by atoms with Crippen LogP contribution in [0, 0.1) is 17.2 Å². The number of hydrogen-bond acceptors (Lipinski definition) is 3. The van der Waals surface area contributed by atoms with Crippen LogP contribution >= 0.6 is 0 Å². The number of carbonyl (C=O) groups excluding carboxylic acids is 1. The highest BCUT2D eigenvalue weighted by Crippen LogP contribution is 2.22. The Morgan fingerprint density at radius 2 is 2.32 bits per heavy atom. The van der Waals surface area contributed by atoms with Crippen molar-refractivity contribution in [1.82, 2.24) is 4.90 Å². The van der Waals surface area contributed by atoms with Gasteiger partial charge in [-0.25, -0.2) is 0 Å². The molecule has 1 heterocycles. The molecule has 4 heteroatoms. The van der Waals surface area contributed by atoms with Crippen molar-refractivity contribution >= 4 is 5.91 Å². The Bertz CT molecular complexity index is 506. The average molecular weight is 257 g/mol. The van der Waals surface area contributed by atoms with Gasteiger partial charge >= 0.3 is 0 Å². The van der Waals surface area contributed by atoms with Gasteiger partial charge in [-0.15, -0.1) is 0 Å². The highest BCUT2D eigenvalue weighted by molar-refractivity contribution is 5.94. The Kier molecular flexibility index (Phi) is 4.18. The second kappa shape index (κ2) is 5.85. The molecule has 1 aliphatic heterocycles. The zero-order chi connectivity index (χ0) is 13.8. The summed E-state index contributed by atoms with van der Waals surface area (Å²) >= 11 is 0. The van der Waals surface area contributed by atoms with Gasteiger partial charge < -0.3 is 10.6 Å². The maximum atomic E-state index is 12.4. The van der Waals surface area contributed by atoms with Crippen molar-refractivity contribution in [2.24, 2.45) is 11.7 Å². The van der Waals surface area contributed by atoms with E-state index < -0.39 is 0 Å². The SMILES string of the molecule is CCC[C@@H]1CN(C(=O)c2cccc(C#N)c2)C[C@H]1N. The lowest BCUT2D eigenvalue weighted by molar-refractivity contribution is 0.0785. The van der Waals surface area contributed by atoms with Crippen LogP contribution in [0.4, 0.5) is 0 Å². The van der Waals surface area contributed by atoms with E-state index in [4.69, 9.17) is 11.0 Å². The van der Waals surface area contributed by atoms with Crippen LogP contribution in [0.5, 0.6) is 0 Å². The molecule has 1 fully saturated rings. The van der Waals surface area contributed by atoms with E-state index in [9.17, 15) is 4.79 Å². The molecular weight excluding hydrogens is 238 g/mol. The zero-order valence-electron chi connectivity index (χ0n) is 11.2. The van der Waals surface area contributed by atoms with Crippen molar-refractivity contribution in [3.63, 3.8) is 0 Å². The molecule has 1 saturated heterocycles. The predicted molar refractivity (Wildman–Crippen MR) is 73.4 cm³/mol. The van der Waals surface area contributed by atoms with Gasteiger partial charge in [0, 0.05) is 24.7 Å². The molecule has 0 spiro atoms. The summed E-state index contributed by atoms with van der Waals surface area (Å²) in [5, 5.41) is 8.87. The number of nitrogens with zero attached hydrogens (tertiary/aromatic N) is 2. The minimum absolute atomic E-state index is 0.0221. The minimum Gasteiger partial charge on any atom is -0.337 e. The maximum Gasteiger partial charge on any atom is 0.253 e. The Hall–Kier alpha value is -1.86. The van der Waals surface area contributed by atoms with Crippen LogP contribution < -0.4 is 5.73 Å². The highest BCUT2D eigenvalue weighted by Gasteiger charge is 2.32. The van der Waals surface area contributed by atoms with Crippen LogP contribution in [-0.4, -0.2) is 29.9 Å². The lowest BCUT2D eigenvalue weighted by Gasteiger charge is -2.16. The first-order valence-electron chi connectivity index (χ1n) is 6.70. The van der Waals surface area contributed by atoms with Gasteiger partial charge in [-0.1, -0.05) is 19.4 Å². The van der Waals surface area contributed by atoms with E-state index in [1.807, 2.05) is 4.90 Å². The lowest BCUT2D eigenvalue weighted by atomic mass is 9.99. The van der Waals surface area contributed by atoms with E-state index in [0.717, 1.165) is 19.4 Å². The fraction of sp³-hybridized carbons (Fsp3) is 0.467. The number of amides is 1. The molecule has 1 aliphatic rings. The van der Waals surface area contributed by atoms with Gasteiger partial charge in [-0.05, 0) is 30.5 Å². The zero-order valence-corrected chi connectivity index (χ0v) is 11.2. The molecule has 0 unspecified atom stereocenters. The van der Waals surface area contributed by atoms with Crippen LogP contribution in [0.1, 0.15) is 35.7 Å². The normalized spacial score (nSPS) is 22.3. The molecule has 2 atom stereocenters. The van der Waals surface area contributed by atoms with Gasteiger partial charge in [0.25, 0.3) is 5.91 Å². The van der Waals surface area contributed by atoms with Gasteiger partial charge in [0.2, 0.25) is 0 Å². The summed E-state index contributed by atoms with van der Waals surface area (Å²) < 4.78 is 0.